The Balaban J connectivity index is 0.000000361. The second-order valence-electron chi connectivity index (χ2n) is 19.6. The normalized spacial score (nSPS) is 19.8. The van der Waals surface area contributed by atoms with Gasteiger partial charge < -0.3 is 35.5 Å². The van der Waals surface area contributed by atoms with Gasteiger partial charge in [0.2, 0.25) is 35.4 Å². The van der Waals surface area contributed by atoms with Gasteiger partial charge in [0, 0.05) is 0 Å². The Morgan fingerprint density at radius 3 is 1.19 bits per heavy atom. The summed E-state index contributed by atoms with van der Waals surface area (Å²) in [7, 11) is 1.53. The zero-order valence-electron chi connectivity index (χ0n) is 41.2. The van der Waals surface area contributed by atoms with E-state index in [0.29, 0.717) is 16.9 Å². The first-order valence-corrected chi connectivity index (χ1v) is 22.6. The van der Waals surface area contributed by atoms with Crippen molar-refractivity contribution in [2.24, 2.45) is 35.5 Å². The number of alkyl carbamates (subject to hydrolysis) is 2. The van der Waals surface area contributed by atoms with Crippen LogP contribution in [0.15, 0.2) is 54.6 Å². The maximum Gasteiger partial charge on any atom is 0.408 e. The molecule has 19 heteroatoms. The Morgan fingerprint density at radius 1 is 0.544 bits per heavy atom. The van der Waals surface area contributed by atoms with Gasteiger partial charge in [-0.25, -0.2) is 9.59 Å². The van der Waals surface area contributed by atoms with Crippen molar-refractivity contribution < 1.29 is 62.2 Å². The molecule has 0 aromatic heterocycles. The molecule has 2 aliphatic rings. The van der Waals surface area contributed by atoms with Gasteiger partial charge in [0.05, 0.1) is 56.0 Å². The predicted octanol–water partition coefficient (Wildman–Crippen LogP) is 4.53. The molecule has 19 nitrogen and oxygen atoms in total. The van der Waals surface area contributed by atoms with Crippen LogP contribution in [0, 0.1) is 35.5 Å². The number of hydrogen-bond acceptors (Lipinski definition) is 13. The van der Waals surface area contributed by atoms with E-state index < -0.39 is 118 Å². The average Bonchev–Trinajstić information content (AvgIpc) is 3.64. The smallest absolute Gasteiger partial charge is 0.408 e. The summed E-state index contributed by atoms with van der Waals surface area (Å²) in [4.78, 5) is 125. The molecule has 372 valence electrons. The van der Waals surface area contributed by atoms with Crippen molar-refractivity contribution in [3.8, 4) is 5.75 Å². The summed E-state index contributed by atoms with van der Waals surface area (Å²) in [5.74, 6) is -8.29. The number of amides is 8. The van der Waals surface area contributed by atoms with E-state index in [-0.39, 0.29) is 24.7 Å². The highest BCUT2D eigenvalue weighted by molar-refractivity contribution is 6.17. The molecule has 2 aromatic rings. The van der Waals surface area contributed by atoms with E-state index in [0.717, 1.165) is 0 Å². The minimum atomic E-state index is -1.16. The zero-order valence-corrected chi connectivity index (χ0v) is 41.2. The van der Waals surface area contributed by atoms with E-state index >= 15 is 0 Å². The van der Waals surface area contributed by atoms with Gasteiger partial charge in [-0.3, -0.25) is 49.0 Å². The van der Waals surface area contributed by atoms with Crippen LogP contribution >= 0.6 is 0 Å². The summed E-state index contributed by atoms with van der Waals surface area (Å²) >= 11 is 0. The highest BCUT2D eigenvalue weighted by atomic mass is 16.6. The van der Waals surface area contributed by atoms with Gasteiger partial charge >= 0.3 is 12.2 Å². The number of nitrogens with one attached hydrogen (secondary N) is 6. The highest BCUT2D eigenvalue weighted by Gasteiger charge is 2.47. The molecule has 2 fully saturated rings. The van der Waals surface area contributed by atoms with Gasteiger partial charge in [-0.05, 0) is 76.6 Å². The second kappa shape index (κ2) is 23.9. The lowest BCUT2D eigenvalue weighted by Crippen LogP contribution is -2.49. The number of methoxy groups -OCH3 is 1. The second-order valence-corrected chi connectivity index (χ2v) is 19.6. The van der Waals surface area contributed by atoms with Gasteiger partial charge in [0.25, 0.3) is 0 Å². The lowest BCUT2D eigenvalue weighted by molar-refractivity contribution is -0.138. The molecule has 2 aromatic carbocycles. The van der Waals surface area contributed by atoms with Crippen LogP contribution in [0.5, 0.6) is 5.75 Å². The van der Waals surface area contributed by atoms with Crippen molar-refractivity contribution in [2.45, 2.75) is 131 Å². The number of rotatable bonds is 17. The van der Waals surface area contributed by atoms with Crippen molar-refractivity contribution in [3.63, 3.8) is 0 Å². The van der Waals surface area contributed by atoms with Crippen LogP contribution in [0.3, 0.4) is 0 Å². The first-order chi connectivity index (χ1) is 31.5. The number of ether oxygens (including phenoxy) is 3. The Kier molecular flexibility index (Phi) is 19.5. The largest absolute Gasteiger partial charge is 0.497 e. The van der Waals surface area contributed by atoms with E-state index in [1.165, 1.54) is 21.0 Å². The van der Waals surface area contributed by atoms with Crippen molar-refractivity contribution >= 4 is 59.2 Å². The zero-order chi connectivity index (χ0) is 51.4. The third kappa shape index (κ3) is 16.3. The molecule has 8 amide bonds. The third-order valence-corrected chi connectivity index (χ3v) is 11.0. The molecule has 2 aliphatic heterocycles. The molecule has 0 bridgehead atoms. The number of benzene rings is 2. The minimum Gasteiger partial charge on any atom is -0.497 e. The molecule has 2 heterocycles. The SMILES string of the molecule is CC(C)[C@H](NC(=O)CC(NC(=O)OC(C)(C)C)c1ccccc1)C(=O)[C@@H]1C(=O)NC(=O)[C@H]1C.COc1ccc(C(CC(=O)N[C@H](C(=O)[C@@H]2C(=O)NC(=O)[C@H]2C)C(C)C)NC(=O)OC(C)(C)C)cc1. The first kappa shape index (κ1) is 55.7. The fourth-order valence-corrected chi connectivity index (χ4v) is 7.41. The van der Waals surface area contributed by atoms with Crippen LogP contribution in [-0.4, -0.2) is 89.6 Å². The molecular weight excluding hydrogens is 881 g/mol. The molecule has 0 aliphatic carbocycles. The van der Waals surface area contributed by atoms with Crippen molar-refractivity contribution in [1.82, 2.24) is 31.9 Å². The Bertz CT molecular complexity index is 2180. The Morgan fingerprint density at radius 2 is 0.897 bits per heavy atom. The molecule has 4 rings (SSSR count). The van der Waals surface area contributed by atoms with E-state index in [1.54, 1.807) is 118 Å². The first-order valence-electron chi connectivity index (χ1n) is 22.6. The fraction of sp³-hybridized carbons (Fsp3) is 0.551. The molecule has 0 saturated carbocycles. The molecule has 2 saturated heterocycles. The summed E-state index contributed by atoms with van der Waals surface area (Å²) in [6, 6.07) is 12.4. The lowest BCUT2D eigenvalue weighted by Gasteiger charge is -2.26. The van der Waals surface area contributed by atoms with Crippen LogP contribution < -0.4 is 36.6 Å². The Labute approximate surface area is 397 Å². The van der Waals surface area contributed by atoms with Gasteiger partial charge in [-0.2, -0.15) is 0 Å². The molecule has 0 radical (unpaired) electrons. The summed E-state index contributed by atoms with van der Waals surface area (Å²) < 4.78 is 15.8. The van der Waals surface area contributed by atoms with Crippen molar-refractivity contribution in [3.05, 3.63) is 65.7 Å². The molecule has 68 heavy (non-hydrogen) atoms. The maximum absolute atomic E-state index is 13.1. The summed E-state index contributed by atoms with van der Waals surface area (Å²) in [5, 5.41) is 15.1. The van der Waals surface area contributed by atoms with Crippen LogP contribution in [0.2, 0.25) is 0 Å². The predicted molar refractivity (Wildman–Crippen MR) is 248 cm³/mol. The van der Waals surface area contributed by atoms with Crippen LogP contribution in [-0.2, 0) is 47.8 Å². The molecule has 2 unspecified atom stereocenters. The standard InChI is InChI=1S/C25H35N3O7.C24H33N3O6/c1-13(2)20(21(30)19-14(3)22(31)28-23(19)32)27-18(29)12-17(26-24(33)35-25(4,5)6)15-8-10-16(34-7)11-9-15;1-13(2)19(20(29)18-14(3)21(30)27-22(18)31)26-17(28)12-16(15-10-8-7-9-11-15)25-23(32)33-24(4,5)6/h8-11,13-14,17,19-20H,12H2,1-7H3,(H,26,33)(H,27,29)(H,28,31,32);7-11,13-14,16,18-19H,12H2,1-6H3,(H,25,32)(H,26,28)(H,27,30,31)/t14-,17?,19+,20-;14-,16?,18+,19-/m00/s1. The number of Topliss-reactive ketones (excluding diaryl/α,β-unsaturated/α-hetero) is 2. The summed E-state index contributed by atoms with van der Waals surface area (Å²) in [6.07, 6.45) is -1.70. The monoisotopic (exact) mass is 948 g/mol. The minimum absolute atomic E-state index is 0.148. The van der Waals surface area contributed by atoms with Gasteiger partial charge in [-0.1, -0.05) is 84.0 Å². The van der Waals surface area contributed by atoms with Gasteiger partial charge in [0.15, 0.2) is 11.6 Å². The topological polar surface area (TPSA) is 271 Å². The molecule has 0 spiro atoms. The van der Waals surface area contributed by atoms with Gasteiger partial charge in [0.1, 0.15) is 28.8 Å². The highest BCUT2D eigenvalue weighted by Crippen LogP contribution is 2.27. The number of imide groups is 2. The molecule has 8 atom stereocenters. The quantitative estimate of drug-likeness (QED) is 0.0941. The van der Waals surface area contributed by atoms with Crippen LogP contribution in [0.25, 0.3) is 0 Å². The van der Waals surface area contributed by atoms with E-state index in [4.69, 9.17) is 14.2 Å². The lowest BCUT2D eigenvalue weighted by atomic mass is 9.85. The maximum atomic E-state index is 13.1. The fourth-order valence-electron chi connectivity index (χ4n) is 7.41. The third-order valence-electron chi connectivity index (χ3n) is 11.0. The Hall–Kier alpha value is -6.66. The summed E-state index contributed by atoms with van der Waals surface area (Å²) in [5.41, 5.74) is -0.116. The molecular formula is C49H68N6O13. The molecule has 6 N–H and O–H groups in total. The number of ketones is 2. The number of carbonyl (C=O) groups excluding carboxylic acids is 10. The van der Waals surface area contributed by atoms with E-state index in [2.05, 4.69) is 31.9 Å². The van der Waals surface area contributed by atoms with E-state index in [9.17, 15) is 47.9 Å². The average molecular weight is 949 g/mol. The van der Waals surface area contributed by atoms with E-state index in [1.807, 2.05) is 6.07 Å². The van der Waals surface area contributed by atoms with Crippen molar-refractivity contribution in [1.29, 1.82) is 0 Å². The summed E-state index contributed by atoms with van der Waals surface area (Å²) in [6.45, 7) is 20.4. The van der Waals surface area contributed by atoms with Crippen LogP contribution in [0.4, 0.5) is 9.59 Å². The number of carbonyl (C=O) groups is 10. The van der Waals surface area contributed by atoms with Crippen molar-refractivity contribution in [2.75, 3.05) is 7.11 Å². The van der Waals surface area contributed by atoms with Crippen LogP contribution in [0.1, 0.15) is 119 Å². The van der Waals surface area contributed by atoms with Gasteiger partial charge in [-0.15, -0.1) is 0 Å². The number of hydrogen-bond donors (Lipinski definition) is 6.